The van der Waals surface area contributed by atoms with E-state index in [9.17, 15) is 9.59 Å². The molecule has 0 radical (unpaired) electrons. The Bertz CT molecular complexity index is 992. The Morgan fingerprint density at radius 2 is 1.11 bits per heavy atom. The van der Waals surface area contributed by atoms with E-state index >= 15 is 0 Å². The number of pyridine rings is 1. The summed E-state index contributed by atoms with van der Waals surface area (Å²) in [6.07, 6.45) is 0. The highest BCUT2D eigenvalue weighted by Gasteiger charge is 2.14. The second-order valence-electron chi connectivity index (χ2n) is 5.56. The predicted molar refractivity (Wildman–Crippen MR) is 113 cm³/mol. The van der Waals surface area contributed by atoms with E-state index in [1.807, 2.05) is 0 Å². The quantitative estimate of drug-likeness (QED) is 0.492. The van der Waals surface area contributed by atoms with Crippen molar-refractivity contribution in [3.05, 3.63) is 85.8 Å². The van der Waals surface area contributed by atoms with Gasteiger partial charge in [-0.1, -0.05) is 52.5 Å². The van der Waals surface area contributed by atoms with E-state index in [-0.39, 0.29) is 32.8 Å². The molecule has 1 heterocycles. The number of aromatic nitrogens is 1. The molecule has 0 saturated carbocycles. The molecule has 9 heteroatoms. The van der Waals surface area contributed by atoms with Gasteiger partial charge in [-0.2, -0.15) is 0 Å². The minimum Gasteiger partial charge on any atom is -0.306 e. The first-order chi connectivity index (χ1) is 13.3. The van der Waals surface area contributed by atoms with Gasteiger partial charge >= 0.3 is 0 Å². The molecule has 0 saturated heterocycles. The van der Waals surface area contributed by atoms with Gasteiger partial charge in [0.15, 0.2) is 0 Å². The Morgan fingerprint density at radius 1 is 0.679 bits per heavy atom. The van der Waals surface area contributed by atoms with Crippen molar-refractivity contribution in [2.75, 3.05) is 10.6 Å². The number of hydrogen-bond donors (Lipinski definition) is 2. The molecule has 0 bridgehead atoms. The highest BCUT2D eigenvalue weighted by atomic mass is 35.5. The first kappa shape index (κ1) is 20.4. The van der Waals surface area contributed by atoms with E-state index in [1.54, 1.807) is 30.3 Å². The SMILES string of the molecule is O=C(Nc1cccc(NC(=O)c2cc(Cl)ccc2Cl)n1)c1cc(Cl)ccc1Cl. The monoisotopic (exact) mass is 453 g/mol. The fraction of sp³-hybridized carbons (Fsp3) is 0. The first-order valence-corrected chi connectivity index (χ1v) is 9.34. The van der Waals surface area contributed by atoms with Gasteiger partial charge in [-0.05, 0) is 48.5 Å². The van der Waals surface area contributed by atoms with E-state index in [1.165, 1.54) is 24.3 Å². The van der Waals surface area contributed by atoms with Crippen LogP contribution >= 0.6 is 46.4 Å². The Hall–Kier alpha value is -2.31. The third-order valence-electron chi connectivity index (χ3n) is 3.58. The molecule has 5 nitrogen and oxygen atoms in total. The number of benzene rings is 2. The number of hydrogen-bond acceptors (Lipinski definition) is 3. The van der Waals surface area contributed by atoms with Crippen LogP contribution in [0.3, 0.4) is 0 Å². The highest BCUT2D eigenvalue weighted by molar-refractivity contribution is 6.37. The van der Waals surface area contributed by atoms with E-state index in [0.29, 0.717) is 10.0 Å². The first-order valence-electron chi connectivity index (χ1n) is 7.83. The molecule has 28 heavy (non-hydrogen) atoms. The maximum absolute atomic E-state index is 12.4. The van der Waals surface area contributed by atoms with Gasteiger partial charge in [-0.15, -0.1) is 0 Å². The van der Waals surface area contributed by atoms with Crippen molar-refractivity contribution in [2.24, 2.45) is 0 Å². The zero-order valence-electron chi connectivity index (χ0n) is 14.0. The maximum atomic E-state index is 12.4. The molecule has 2 aromatic carbocycles. The molecule has 0 aliphatic rings. The molecule has 0 aliphatic carbocycles. The molecular weight excluding hydrogens is 444 g/mol. The number of anilines is 2. The summed E-state index contributed by atoms with van der Waals surface area (Å²) in [5.74, 6) is -0.533. The number of nitrogens with one attached hydrogen (secondary N) is 2. The fourth-order valence-corrected chi connectivity index (χ4v) is 3.04. The zero-order chi connectivity index (χ0) is 20.3. The van der Waals surface area contributed by atoms with Gasteiger partial charge in [0.25, 0.3) is 11.8 Å². The topological polar surface area (TPSA) is 71.1 Å². The van der Waals surface area contributed by atoms with Crippen molar-refractivity contribution in [3.63, 3.8) is 0 Å². The third-order valence-corrected chi connectivity index (χ3v) is 4.71. The lowest BCUT2D eigenvalue weighted by atomic mass is 10.2. The molecule has 2 N–H and O–H groups in total. The van der Waals surface area contributed by atoms with Crippen LogP contribution in [0.15, 0.2) is 54.6 Å². The Balaban J connectivity index is 1.77. The smallest absolute Gasteiger partial charge is 0.258 e. The fourth-order valence-electron chi connectivity index (χ4n) is 2.28. The number of rotatable bonds is 4. The molecule has 1 aromatic heterocycles. The second-order valence-corrected chi connectivity index (χ2v) is 7.25. The van der Waals surface area contributed by atoms with Gasteiger partial charge in [0.05, 0.1) is 21.2 Å². The summed E-state index contributed by atoms with van der Waals surface area (Å²) in [6, 6.07) is 13.9. The van der Waals surface area contributed by atoms with Gasteiger partial charge in [0.1, 0.15) is 11.6 Å². The average molecular weight is 455 g/mol. The van der Waals surface area contributed by atoms with Gasteiger partial charge in [-0.3, -0.25) is 9.59 Å². The standard InChI is InChI=1S/C19H11Cl4N3O2/c20-10-4-6-14(22)12(8-10)18(27)25-16-2-1-3-17(24-16)26-19(28)13-9-11(21)5-7-15(13)23/h1-9H,(H2,24,25,26,27,28). The van der Waals surface area contributed by atoms with Crippen molar-refractivity contribution < 1.29 is 9.59 Å². The summed E-state index contributed by atoms with van der Waals surface area (Å²) in [5, 5.41) is 6.47. The van der Waals surface area contributed by atoms with Crippen LogP contribution < -0.4 is 10.6 Å². The molecule has 0 atom stereocenters. The Labute approximate surface area is 180 Å². The van der Waals surface area contributed by atoms with Crippen molar-refractivity contribution in [1.82, 2.24) is 4.98 Å². The van der Waals surface area contributed by atoms with Crippen LogP contribution in [-0.2, 0) is 0 Å². The summed E-state index contributed by atoms with van der Waals surface area (Å²) in [4.78, 5) is 29.0. The van der Waals surface area contributed by atoms with Crippen LogP contribution in [0.5, 0.6) is 0 Å². The maximum Gasteiger partial charge on any atom is 0.258 e. The largest absolute Gasteiger partial charge is 0.306 e. The van der Waals surface area contributed by atoms with Gasteiger partial charge in [-0.25, -0.2) is 4.98 Å². The molecular formula is C19H11Cl4N3O2. The molecule has 3 aromatic rings. The lowest BCUT2D eigenvalue weighted by molar-refractivity contribution is 0.101. The number of nitrogens with zero attached hydrogens (tertiary/aromatic N) is 1. The molecule has 0 spiro atoms. The van der Waals surface area contributed by atoms with E-state index in [2.05, 4.69) is 15.6 Å². The van der Waals surface area contributed by atoms with Crippen LogP contribution in [0.1, 0.15) is 20.7 Å². The zero-order valence-corrected chi connectivity index (χ0v) is 17.0. The third kappa shape index (κ3) is 4.94. The van der Waals surface area contributed by atoms with E-state index in [4.69, 9.17) is 46.4 Å². The number of carbonyl (C=O) groups is 2. The van der Waals surface area contributed by atoms with Crippen LogP contribution in [0.25, 0.3) is 0 Å². The van der Waals surface area contributed by atoms with Crippen molar-refractivity contribution in [1.29, 1.82) is 0 Å². The second kappa shape index (κ2) is 8.80. The van der Waals surface area contributed by atoms with Gasteiger partial charge < -0.3 is 10.6 Å². The van der Waals surface area contributed by atoms with E-state index in [0.717, 1.165) is 0 Å². The van der Waals surface area contributed by atoms with Crippen LogP contribution in [0, 0.1) is 0 Å². The minimum atomic E-state index is -0.485. The van der Waals surface area contributed by atoms with Crippen molar-refractivity contribution in [2.45, 2.75) is 0 Å². The van der Waals surface area contributed by atoms with Crippen molar-refractivity contribution in [3.8, 4) is 0 Å². The lowest BCUT2D eigenvalue weighted by Crippen LogP contribution is -2.16. The normalized spacial score (nSPS) is 10.4. The molecule has 3 rings (SSSR count). The summed E-state index contributed by atoms with van der Waals surface area (Å²) in [5.41, 5.74) is 0.409. The van der Waals surface area contributed by atoms with Crippen molar-refractivity contribution >= 4 is 69.9 Å². The van der Waals surface area contributed by atoms with Crippen LogP contribution in [0.4, 0.5) is 11.6 Å². The molecule has 0 unspecified atom stereocenters. The molecule has 2 amide bonds. The summed E-state index contributed by atoms with van der Waals surface area (Å²) < 4.78 is 0. The summed E-state index contributed by atoms with van der Waals surface area (Å²) in [6.45, 7) is 0. The molecule has 0 aliphatic heterocycles. The van der Waals surface area contributed by atoms with Crippen LogP contribution in [-0.4, -0.2) is 16.8 Å². The molecule has 142 valence electrons. The predicted octanol–water partition coefficient (Wildman–Crippen LogP) is 6.20. The van der Waals surface area contributed by atoms with E-state index < -0.39 is 11.8 Å². The molecule has 0 fully saturated rings. The minimum absolute atomic E-state index is 0.205. The summed E-state index contributed by atoms with van der Waals surface area (Å²) in [7, 11) is 0. The average Bonchev–Trinajstić information content (AvgIpc) is 2.65. The van der Waals surface area contributed by atoms with Crippen LogP contribution in [0.2, 0.25) is 20.1 Å². The Morgan fingerprint density at radius 3 is 1.54 bits per heavy atom. The summed E-state index contributed by atoms with van der Waals surface area (Å²) >= 11 is 23.9. The lowest BCUT2D eigenvalue weighted by Gasteiger charge is -2.10. The number of carbonyl (C=O) groups excluding carboxylic acids is 2. The van der Waals surface area contributed by atoms with Gasteiger partial charge in [0.2, 0.25) is 0 Å². The number of amides is 2. The number of halogens is 4. The Kier molecular flexibility index (Phi) is 6.42. The highest BCUT2D eigenvalue weighted by Crippen LogP contribution is 2.23. The van der Waals surface area contributed by atoms with Gasteiger partial charge in [0, 0.05) is 10.0 Å².